The number of pyridine rings is 1. The molecule has 5 nitrogen and oxygen atoms in total. The molecule has 0 aliphatic carbocycles. The fourth-order valence-electron chi connectivity index (χ4n) is 3.55. The number of aromatic nitrogens is 4. The Hall–Kier alpha value is -2.31. The van der Waals surface area contributed by atoms with Gasteiger partial charge in [0.2, 0.25) is 0 Å². The summed E-state index contributed by atoms with van der Waals surface area (Å²) in [6.45, 7) is 1.78. The van der Waals surface area contributed by atoms with Crippen molar-refractivity contribution in [1.29, 1.82) is 0 Å². The predicted octanol–water partition coefficient (Wildman–Crippen LogP) is 3.81. The first-order valence-corrected chi connectivity index (χ1v) is 8.98. The third-order valence-corrected chi connectivity index (χ3v) is 5.31. The Balaban J connectivity index is 1.62. The summed E-state index contributed by atoms with van der Waals surface area (Å²) in [6.07, 6.45) is 5.97. The zero-order chi connectivity index (χ0) is 17.2. The van der Waals surface area contributed by atoms with Crippen molar-refractivity contribution in [2.75, 3.05) is 6.54 Å². The van der Waals surface area contributed by atoms with Crippen LogP contribution in [0.3, 0.4) is 0 Å². The predicted molar refractivity (Wildman–Crippen MR) is 100 cm³/mol. The van der Waals surface area contributed by atoms with E-state index in [1.165, 1.54) is 18.4 Å². The van der Waals surface area contributed by atoms with Crippen molar-refractivity contribution in [2.45, 2.75) is 25.6 Å². The Kier molecular flexibility index (Phi) is 4.46. The molecule has 1 aliphatic heterocycles. The van der Waals surface area contributed by atoms with Crippen LogP contribution >= 0.6 is 12.2 Å². The average Bonchev–Trinajstić information content (AvgIpc) is 3.23. The Bertz CT molecular complexity index is 901. The monoisotopic (exact) mass is 351 g/mol. The SMILES string of the molecule is Cn1c(-c2cccnc2)nn(CN2CCC[C@H]2c2ccccc2)c1=S. The van der Waals surface area contributed by atoms with Crippen LogP contribution in [0.1, 0.15) is 24.4 Å². The minimum Gasteiger partial charge on any atom is -0.303 e. The summed E-state index contributed by atoms with van der Waals surface area (Å²) in [4.78, 5) is 6.65. The molecule has 128 valence electrons. The van der Waals surface area contributed by atoms with Gasteiger partial charge in [0.25, 0.3) is 0 Å². The van der Waals surface area contributed by atoms with Gasteiger partial charge < -0.3 is 4.57 Å². The van der Waals surface area contributed by atoms with Gasteiger partial charge in [0.1, 0.15) is 0 Å². The van der Waals surface area contributed by atoms with Gasteiger partial charge in [-0.05, 0) is 42.8 Å². The summed E-state index contributed by atoms with van der Waals surface area (Å²) >= 11 is 5.62. The van der Waals surface area contributed by atoms with Gasteiger partial charge in [0.15, 0.2) is 10.6 Å². The first-order valence-electron chi connectivity index (χ1n) is 8.57. The molecule has 3 aromatic rings. The minimum atomic E-state index is 0.437. The van der Waals surface area contributed by atoms with E-state index in [1.807, 2.05) is 34.6 Å². The van der Waals surface area contributed by atoms with Gasteiger partial charge in [0.05, 0.1) is 6.67 Å². The first kappa shape index (κ1) is 16.2. The second-order valence-corrected chi connectivity index (χ2v) is 6.79. The molecule has 0 amide bonds. The molecule has 1 saturated heterocycles. The Morgan fingerprint density at radius 1 is 1.16 bits per heavy atom. The molecule has 1 aromatic carbocycles. The third kappa shape index (κ3) is 3.15. The van der Waals surface area contributed by atoms with Crippen molar-refractivity contribution in [2.24, 2.45) is 7.05 Å². The summed E-state index contributed by atoms with van der Waals surface area (Å²) in [5.41, 5.74) is 2.35. The van der Waals surface area contributed by atoms with Crippen molar-refractivity contribution in [1.82, 2.24) is 24.2 Å². The molecule has 3 heterocycles. The fourth-order valence-corrected chi connectivity index (χ4v) is 3.73. The van der Waals surface area contributed by atoms with E-state index >= 15 is 0 Å². The minimum absolute atomic E-state index is 0.437. The maximum Gasteiger partial charge on any atom is 0.199 e. The summed E-state index contributed by atoms with van der Waals surface area (Å²) in [6, 6.07) is 15.1. The normalized spacial score (nSPS) is 17.9. The van der Waals surface area contributed by atoms with Gasteiger partial charge in [-0.3, -0.25) is 9.88 Å². The van der Waals surface area contributed by atoms with Crippen LogP contribution in [0.5, 0.6) is 0 Å². The van der Waals surface area contributed by atoms with E-state index in [9.17, 15) is 0 Å². The largest absolute Gasteiger partial charge is 0.303 e. The summed E-state index contributed by atoms with van der Waals surface area (Å²) in [5.74, 6) is 0.855. The van der Waals surface area contributed by atoms with Crippen molar-refractivity contribution >= 4 is 12.2 Å². The molecule has 4 rings (SSSR count). The van der Waals surface area contributed by atoms with Gasteiger partial charge in [-0.1, -0.05) is 30.3 Å². The molecule has 25 heavy (non-hydrogen) atoms. The van der Waals surface area contributed by atoms with Crippen molar-refractivity contribution < 1.29 is 0 Å². The highest BCUT2D eigenvalue weighted by atomic mass is 32.1. The average molecular weight is 351 g/mol. The van der Waals surface area contributed by atoms with Crippen molar-refractivity contribution in [3.63, 3.8) is 0 Å². The second kappa shape index (κ2) is 6.90. The lowest BCUT2D eigenvalue weighted by Crippen LogP contribution is -2.27. The molecule has 0 saturated carbocycles. The van der Waals surface area contributed by atoms with Crippen LogP contribution in [-0.2, 0) is 13.7 Å². The highest BCUT2D eigenvalue weighted by molar-refractivity contribution is 7.71. The van der Waals surface area contributed by atoms with Crippen LogP contribution in [0.2, 0.25) is 0 Å². The number of likely N-dealkylation sites (tertiary alicyclic amines) is 1. The van der Waals surface area contributed by atoms with Gasteiger partial charge in [-0.25, -0.2) is 4.68 Å². The van der Waals surface area contributed by atoms with Crippen LogP contribution in [-0.4, -0.2) is 30.8 Å². The van der Waals surface area contributed by atoms with Crippen LogP contribution in [0.4, 0.5) is 0 Å². The highest BCUT2D eigenvalue weighted by Gasteiger charge is 2.26. The number of hydrogen-bond donors (Lipinski definition) is 0. The van der Waals surface area contributed by atoms with Gasteiger partial charge in [-0.15, -0.1) is 0 Å². The smallest absolute Gasteiger partial charge is 0.199 e. The van der Waals surface area contributed by atoms with Crippen LogP contribution in [0.25, 0.3) is 11.4 Å². The molecule has 0 radical (unpaired) electrons. The number of rotatable bonds is 4. The summed E-state index contributed by atoms with van der Waals surface area (Å²) in [7, 11) is 1.97. The lowest BCUT2D eigenvalue weighted by Gasteiger charge is -2.24. The molecule has 1 fully saturated rings. The summed E-state index contributed by atoms with van der Waals surface area (Å²) < 4.78 is 4.62. The molecule has 0 bridgehead atoms. The molecular formula is C19H21N5S. The standard InChI is InChI=1S/C19H21N5S/c1-22-18(16-9-5-11-20-13-16)21-24(19(22)25)14-23-12-6-10-17(23)15-7-3-2-4-8-15/h2-5,7-9,11,13,17H,6,10,12,14H2,1H3/t17-/m0/s1. The molecule has 0 spiro atoms. The third-order valence-electron chi connectivity index (χ3n) is 4.82. The lowest BCUT2D eigenvalue weighted by molar-refractivity contribution is 0.190. The fraction of sp³-hybridized carbons (Fsp3) is 0.316. The van der Waals surface area contributed by atoms with E-state index in [-0.39, 0.29) is 0 Å². The molecule has 0 N–H and O–H groups in total. The Morgan fingerprint density at radius 2 is 2.00 bits per heavy atom. The van der Waals surface area contributed by atoms with E-state index in [2.05, 4.69) is 40.2 Å². The van der Waals surface area contributed by atoms with E-state index < -0.39 is 0 Å². The molecule has 1 aliphatic rings. The van der Waals surface area contributed by atoms with Gasteiger partial charge in [0, 0.05) is 37.6 Å². The van der Waals surface area contributed by atoms with Crippen molar-refractivity contribution in [3.05, 3.63) is 65.2 Å². The maximum absolute atomic E-state index is 5.62. The Labute approximate surface area is 152 Å². The lowest BCUT2D eigenvalue weighted by atomic mass is 10.1. The van der Waals surface area contributed by atoms with E-state index in [0.717, 1.165) is 22.7 Å². The molecule has 0 unspecified atom stereocenters. The molecule has 2 aromatic heterocycles. The van der Waals surface area contributed by atoms with Gasteiger partial charge in [-0.2, -0.15) is 5.10 Å². The van der Waals surface area contributed by atoms with E-state index in [4.69, 9.17) is 17.3 Å². The number of benzene rings is 1. The van der Waals surface area contributed by atoms with E-state index in [0.29, 0.717) is 12.7 Å². The zero-order valence-corrected chi connectivity index (χ0v) is 15.1. The molecular weight excluding hydrogens is 330 g/mol. The number of hydrogen-bond acceptors (Lipinski definition) is 4. The van der Waals surface area contributed by atoms with Gasteiger partial charge >= 0.3 is 0 Å². The topological polar surface area (TPSA) is 38.9 Å². The Morgan fingerprint density at radius 3 is 2.76 bits per heavy atom. The van der Waals surface area contributed by atoms with Crippen LogP contribution in [0.15, 0.2) is 54.9 Å². The zero-order valence-electron chi connectivity index (χ0n) is 14.2. The van der Waals surface area contributed by atoms with E-state index in [1.54, 1.807) is 6.20 Å². The molecule has 6 heteroatoms. The maximum atomic E-state index is 5.62. The summed E-state index contributed by atoms with van der Waals surface area (Å²) in [5, 5.41) is 4.76. The quantitative estimate of drug-likeness (QED) is 0.670. The highest BCUT2D eigenvalue weighted by Crippen LogP contribution is 2.32. The van der Waals surface area contributed by atoms with Crippen molar-refractivity contribution in [3.8, 4) is 11.4 Å². The molecule has 1 atom stereocenters. The second-order valence-electron chi connectivity index (χ2n) is 6.43. The van der Waals surface area contributed by atoms with Crippen LogP contribution in [0, 0.1) is 4.77 Å². The number of nitrogens with zero attached hydrogens (tertiary/aromatic N) is 5. The first-order chi connectivity index (χ1) is 12.2. The van der Waals surface area contributed by atoms with Crippen LogP contribution < -0.4 is 0 Å².